The Hall–Kier alpha value is -1.31. The number of aliphatic hydroxyl groups excluding tert-OH is 1. The van der Waals surface area contributed by atoms with Crippen LogP contribution in [0.4, 0.5) is 5.69 Å². The molecule has 0 amide bonds. The van der Waals surface area contributed by atoms with Crippen molar-refractivity contribution < 1.29 is 14.8 Å². The van der Waals surface area contributed by atoms with Crippen molar-refractivity contribution in [3.05, 3.63) is 34.4 Å². The number of nitro groups is 1. The molecule has 20 heavy (non-hydrogen) atoms. The van der Waals surface area contributed by atoms with E-state index in [1.807, 2.05) is 13.2 Å². The fourth-order valence-electron chi connectivity index (χ4n) is 1.69. The van der Waals surface area contributed by atoms with Crippen LogP contribution in [-0.2, 0) is 0 Å². The van der Waals surface area contributed by atoms with Crippen LogP contribution in [0, 0.1) is 10.1 Å². The second-order valence-corrected chi connectivity index (χ2v) is 5.38. The summed E-state index contributed by atoms with van der Waals surface area (Å²) in [5, 5.41) is 23.1. The van der Waals surface area contributed by atoms with E-state index in [9.17, 15) is 10.1 Å². The van der Waals surface area contributed by atoms with Crippen LogP contribution in [0.5, 0.6) is 5.75 Å². The number of rotatable bonds is 9. The van der Waals surface area contributed by atoms with E-state index >= 15 is 0 Å². The minimum Gasteiger partial charge on any atom is -0.492 e. The van der Waals surface area contributed by atoms with Crippen LogP contribution in [0.25, 0.3) is 0 Å². The van der Waals surface area contributed by atoms with E-state index in [4.69, 9.17) is 9.84 Å². The molecule has 0 bridgehead atoms. The number of nitrogens with zero attached hydrogens (tertiary/aromatic N) is 1. The van der Waals surface area contributed by atoms with E-state index in [0.717, 1.165) is 0 Å². The number of non-ortho nitro benzene ring substituents is 1. The third-order valence-electron chi connectivity index (χ3n) is 2.93. The van der Waals surface area contributed by atoms with Gasteiger partial charge in [0, 0.05) is 30.0 Å². The SMILES string of the molecule is CSC(CO)C(C)NCCOc1ccc([N+](=O)[O-])cc1. The normalized spacial score (nSPS) is 13.8. The molecule has 2 N–H and O–H groups in total. The van der Waals surface area contributed by atoms with Gasteiger partial charge in [0.15, 0.2) is 0 Å². The highest BCUT2D eigenvalue weighted by Gasteiger charge is 2.13. The molecule has 1 rings (SSSR count). The maximum absolute atomic E-state index is 10.5. The number of ether oxygens (including phenoxy) is 1. The summed E-state index contributed by atoms with van der Waals surface area (Å²) < 4.78 is 5.48. The van der Waals surface area contributed by atoms with E-state index in [2.05, 4.69) is 5.32 Å². The molecule has 0 fully saturated rings. The third kappa shape index (κ3) is 5.36. The molecule has 0 aliphatic heterocycles. The molecule has 0 aromatic heterocycles. The fourth-order valence-corrected chi connectivity index (χ4v) is 2.34. The summed E-state index contributed by atoms with van der Waals surface area (Å²) in [7, 11) is 0. The van der Waals surface area contributed by atoms with Crippen LogP contribution in [-0.4, -0.2) is 47.3 Å². The highest BCUT2D eigenvalue weighted by molar-refractivity contribution is 7.99. The van der Waals surface area contributed by atoms with Gasteiger partial charge in [0.05, 0.1) is 11.5 Å². The van der Waals surface area contributed by atoms with Crippen molar-refractivity contribution in [2.24, 2.45) is 0 Å². The zero-order valence-corrected chi connectivity index (χ0v) is 12.4. The van der Waals surface area contributed by atoms with Crippen molar-refractivity contribution in [2.45, 2.75) is 18.2 Å². The van der Waals surface area contributed by atoms with Gasteiger partial charge in [-0.3, -0.25) is 10.1 Å². The highest BCUT2D eigenvalue weighted by atomic mass is 32.2. The summed E-state index contributed by atoms with van der Waals surface area (Å²) in [5.41, 5.74) is 0.0508. The van der Waals surface area contributed by atoms with Crippen molar-refractivity contribution in [3.63, 3.8) is 0 Å². The van der Waals surface area contributed by atoms with Crippen LogP contribution < -0.4 is 10.1 Å². The van der Waals surface area contributed by atoms with Crippen LogP contribution in [0.1, 0.15) is 6.92 Å². The Balaban J connectivity index is 2.29. The highest BCUT2D eigenvalue weighted by Crippen LogP contribution is 2.17. The Morgan fingerprint density at radius 3 is 2.60 bits per heavy atom. The lowest BCUT2D eigenvalue weighted by Crippen LogP contribution is -2.39. The maximum Gasteiger partial charge on any atom is 0.269 e. The molecule has 1 aromatic carbocycles. The third-order valence-corrected chi connectivity index (χ3v) is 4.09. The van der Waals surface area contributed by atoms with Gasteiger partial charge in [-0.2, -0.15) is 11.8 Å². The number of nitro benzene ring substituents is 1. The quantitative estimate of drug-likeness (QED) is 0.410. The molecular weight excluding hydrogens is 280 g/mol. The second kappa shape index (κ2) is 8.78. The summed E-state index contributed by atoms with van der Waals surface area (Å²) in [6, 6.07) is 6.19. The summed E-state index contributed by atoms with van der Waals surface area (Å²) in [6.45, 7) is 3.27. The van der Waals surface area contributed by atoms with E-state index in [0.29, 0.717) is 18.9 Å². The molecule has 0 heterocycles. The van der Waals surface area contributed by atoms with Crippen molar-refractivity contribution in [2.75, 3.05) is 26.0 Å². The molecule has 0 saturated carbocycles. The zero-order chi connectivity index (χ0) is 15.0. The predicted molar refractivity (Wildman–Crippen MR) is 80.4 cm³/mol. The Morgan fingerprint density at radius 1 is 1.45 bits per heavy atom. The first-order valence-electron chi connectivity index (χ1n) is 6.32. The van der Waals surface area contributed by atoms with Gasteiger partial charge >= 0.3 is 0 Å². The first kappa shape index (κ1) is 16.7. The average molecular weight is 300 g/mol. The van der Waals surface area contributed by atoms with E-state index in [1.165, 1.54) is 12.1 Å². The number of hydrogen-bond donors (Lipinski definition) is 2. The van der Waals surface area contributed by atoms with Gasteiger partial charge in [0.2, 0.25) is 0 Å². The van der Waals surface area contributed by atoms with Crippen molar-refractivity contribution in [1.82, 2.24) is 5.32 Å². The van der Waals surface area contributed by atoms with Gasteiger partial charge in [-0.25, -0.2) is 0 Å². The van der Waals surface area contributed by atoms with Gasteiger partial charge < -0.3 is 15.2 Å². The van der Waals surface area contributed by atoms with E-state index < -0.39 is 4.92 Å². The molecule has 0 spiro atoms. The lowest BCUT2D eigenvalue weighted by atomic mass is 10.2. The Labute approximate surface area is 122 Å². The number of aliphatic hydroxyl groups is 1. The minimum atomic E-state index is -0.440. The van der Waals surface area contributed by atoms with E-state index in [1.54, 1.807) is 23.9 Å². The van der Waals surface area contributed by atoms with Crippen LogP contribution in [0.2, 0.25) is 0 Å². The molecule has 0 aliphatic rings. The lowest BCUT2D eigenvalue weighted by Gasteiger charge is -2.21. The number of nitrogens with one attached hydrogen (secondary N) is 1. The smallest absolute Gasteiger partial charge is 0.269 e. The molecule has 1 aromatic rings. The molecule has 112 valence electrons. The minimum absolute atomic E-state index is 0.0508. The van der Waals surface area contributed by atoms with E-state index in [-0.39, 0.29) is 23.6 Å². The van der Waals surface area contributed by atoms with Crippen molar-refractivity contribution in [3.8, 4) is 5.75 Å². The van der Waals surface area contributed by atoms with Crippen molar-refractivity contribution >= 4 is 17.4 Å². The first-order chi connectivity index (χ1) is 9.58. The van der Waals surface area contributed by atoms with Gasteiger partial charge in [-0.15, -0.1) is 0 Å². The maximum atomic E-state index is 10.5. The van der Waals surface area contributed by atoms with Crippen molar-refractivity contribution in [1.29, 1.82) is 0 Å². The monoisotopic (exact) mass is 300 g/mol. The second-order valence-electron chi connectivity index (χ2n) is 4.30. The number of benzene rings is 1. The Kier molecular flexibility index (Phi) is 7.35. The van der Waals surface area contributed by atoms with Gasteiger partial charge in [-0.05, 0) is 25.3 Å². The van der Waals surface area contributed by atoms with Crippen LogP contribution in [0.15, 0.2) is 24.3 Å². The van der Waals surface area contributed by atoms with Gasteiger partial charge in [0.25, 0.3) is 5.69 Å². The predicted octanol–water partition coefficient (Wildman–Crippen LogP) is 1.68. The zero-order valence-electron chi connectivity index (χ0n) is 11.6. The molecular formula is C13H20N2O4S. The Morgan fingerprint density at radius 2 is 2.10 bits per heavy atom. The summed E-state index contributed by atoms with van der Waals surface area (Å²) in [5.74, 6) is 0.605. The van der Waals surface area contributed by atoms with Crippen LogP contribution in [0.3, 0.4) is 0 Å². The van der Waals surface area contributed by atoms with Crippen LogP contribution >= 0.6 is 11.8 Å². The first-order valence-corrected chi connectivity index (χ1v) is 7.61. The fraction of sp³-hybridized carbons (Fsp3) is 0.538. The topological polar surface area (TPSA) is 84.6 Å². The molecule has 6 nitrogen and oxygen atoms in total. The molecule has 7 heteroatoms. The molecule has 2 atom stereocenters. The number of thioether (sulfide) groups is 1. The average Bonchev–Trinajstić information content (AvgIpc) is 2.45. The summed E-state index contributed by atoms with van der Waals surface area (Å²) in [4.78, 5) is 10.1. The summed E-state index contributed by atoms with van der Waals surface area (Å²) >= 11 is 1.62. The molecule has 0 saturated heterocycles. The van der Waals surface area contributed by atoms with Gasteiger partial charge in [0.1, 0.15) is 12.4 Å². The summed E-state index contributed by atoms with van der Waals surface area (Å²) in [6.07, 6.45) is 1.96. The standard InChI is InChI=1S/C13H20N2O4S/c1-10(13(9-16)20-2)14-7-8-19-12-5-3-11(4-6-12)15(17)18/h3-6,10,13-14,16H,7-9H2,1-2H3. The molecule has 0 aliphatic carbocycles. The largest absolute Gasteiger partial charge is 0.492 e. The molecule has 0 radical (unpaired) electrons. The Bertz CT molecular complexity index is 409. The lowest BCUT2D eigenvalue weighted by molar-refractivity contribution is -0.384. The number of hydrogen-bond acceptors (Lipinski definition) is 6. The molecule has 2 unspecified atom stereocenters. The van der Waals surface area contributed by atoms with Gasteiger partial charge in [-0.1, -0.05) is 0 Å².